The van der Waals surface area contributed by atoms with Crippen LogP contribution in [0.4, 0.5) is 5.69 Å². The summed E-state index contributed by atoms with van der Waals surface area (Å²) >= 11 is 1.49. The van der Waals surface area contributed by atoms with E-state index in [1.807, 2.05) is 24.3 Å². The van der Waals surface area contributed by atoms with Gasteiger partial charge in [0.2, 0.25) is 11.8 Å². The lowest BCUT2D eigenvalue weighted by molar-refractivity contribution is -0.121. The number of hydrogen-bond acceptors (Lipinski definition) is 5. The second kappa shape index (κ2) is 7.22. The number of hydrogen-bond donors (Lipinski definition) is 2. The fourth-order valence-corrected chi connectivity index (χ4v) is 3.21. The Morgan fingerprint density at radius 2 is 2.00 bits per heavy atom. The first-order valence-corrected chi connectivity index (χ1v) is 8.28. The van der Waals surface area contributed by atoms with Gasteiger partial charge in [0.25, 0.3) is 0 Å². The summed E-state index contributed by atoms with van der Waals surface area (Å²) < 4.78 is 4.92. The fourth-order valence-electron chi connectivity index (χ4n) is 2.27. The van der Waals surface area contributed by atoms with Crippen molar-refractivity contribution < 1.29 is 18.8 Å². The van der Waals surface area contributed by atoms with Crippen LogP contribution in [0.1, 0.15) is 17.0 Å². The number of hydrazine groups is 1. The third-order valence-electron chi connectivity index (χ3n) is 3.43. The van der Waals surface area contributed by atoms with Gasteiger partial charge in [-0.25, -0.2) is 0 Å². The van der Waals surface area contributed by atoms with Crippen LogP contribution < -0.4 is 15.8 Å². The Morgan fingerprint density at radius 1 is 1.17 bits per heavy atom. The van der Waals surface area contributed by atoms with Crippen molar-refractivity contribution in [2.24, 2.45) is 0 Å². The second-order valence-electron chi connectivity index (χ2n) is 5.03. The van der Waals surface area contributed by atoms with Crippen molar-refractivity contribution >= 4 is 35.2 Å². The molecule has 0 unspecified atom stereocenters. The summed E-state index contributed by atoms with van der Waals surface area (Å²) in [5.41, 5.74) is 5.38. The molecule has 3 rings (SSSR count). The van der Waals surface area contributed by atoms with E-state index in [0.717, 1.165) is 10.6 Å². The minimum atomic E-state index is -0.538. The number of para-hydroxylation sites is 1. The summed E-state index contributed by atoms with van der Waals surface area (Å²) in [5, 5.41) is 0. The first kappa shape index (κ1) is 16.1. The van der Waals surface area contributed by atoms with E-state index in [9.17, 15) is 14.4 Å². The van der Waals surface area contributed by atoms with E-state index in [1.54, 1.807) is 11.0 Å². The molecule has 24 heavy (non-hydrogen) atoms. The number of nitrogens with one attached hydrogen (secondary N) is 2. The van der Waals surface area contributed by atoms with Crippen molar-refractivity contribution in [3.05, 3.63) is 48.4 Å². The molecule has 0 saturated carbocycles. The number of anilines is 1. The van der Waals surface area contributed by atoms with E-state index in [-0.39, 0.29) is 24.6 Å². The van der Waals surface area contributed by atoms with Crippen LogP contribution >= 0.6 is 11.8 Å². The molecule has 1 aromatic carbocycles. The second-order valence-corrected chi connectivity index (χ2v) is 6.05. The molecule has 2 heterocycles. The van der Waals surface area contributed by atoms with Crippen LogP contribution in [-0.2, 0) is 9.59 Å². The Bertz CT molecular complexity index is 760. The molecule has 3 amide bonds. The number of amides is 3. The van der Waals surface area contributed by atoms with Crippen molar-refractivity contribution in [2.45, 2.75) is 11.3 Å². The molecule has 1 aliphatic rings. The zero-order valence-electron chi connectivity index (χ0n) is 12.7. The van der Waals surface area contributed by atoms with Crippen molar-refractivity contribution in [3.8, 4) is 0 Å². The highest BCUT2D eigenvalue weighted by Gasteiger charge is 2.24. The summed E-state index contributed by atoms with van der Waals surface area (Å²) in [6, 6.07) is 10.6. The lowest BCUT2D eigenvalue weighted by atomic mass is 10.2. The predicted molar refractivity (Wildman–Crippen MR) is 88.5 cm³/mol. The van der Waals surface area contributed by atoms with Crippen LogP contribution in [0.25, 0.3) is 0 Å². The number of rotatable bonds is 4. The Balaban J connectivity index is 1.53. The van der Waals surface area contributed by atoms with Gasteiger partial charge in [0.15, 0.2) is 5.76 Å². The van der Waals surface area contributed by atoms with Gasteiger partial charge in [0.05, 0.1) is 17.7 Å². The van der Waals surface area contributed by atoms with Crippen molar-refractivity contribution in [2.75, 3.05) is 17.2 Å². The van der Waals surface area contributed by atoms with Crippen molar-refractivity contribution in [3.63, 3.8) is 0 Å². The SMILES string of the molecule is O=C(CCN1C(=O)CSc2ccccc21)NNC(=O)c1ccco1. The number of fused-ring (bicyclic) bond motifs is 1. The van der Waals surface area contributed by atoms with Gasteiger partial charge in [-0.15, -0.1) is 11.8 Å². The van der Waals surface area contributed by atoms with Crippen molar-refractivity contribution in [1.29, 1.82) is 0 Å². The molecule has 2 N–H and O–H groups in total. The molecule has 0 radical (unpaired) electrons. The molecule has 1 aromatic heterocycles. The molecule has 0 fully saturated rings. The number of benzene rings is 1. The number of nitrogens with zero attached hydrogens (tertiary/aromatic N) is 1. The van der Waals surface area contributed by atoms with Crippen LogP contribution in [0.2, 0.25) is 0 Å². The summed E-state index contributed by atoms with van der Waals surface area (Å²) in [6.07, 6.45) is 1.44. The summed E-state index contributed by atoms with van der Waals surface area (Å²) in [6.45, 7) is 0.249. The van der Waals surface area contributed by atoms with E-state index in [0.29, 0.717) is 5.75 Å². The molecule has 7 nitrogen and oxygen atoms in total. The van der Waals surface area contributed by atoms with Gasteiger partial charge < -0.3 is 9.32 Å². The lowest BCUT2D eigenvalue weighted by Crippen LogP contribution is -2.44. The minimum Gasteiger partial charge on any atom is -0.459 e. The van der Waals surface area contributed by atoms with Gasteiger partial charge in [-0.3, -0.25) is 25.2 Å². The van der Waals surface area contributed by atoms with Crippen LogP contribution in [0.5, 0.6) is 0 Å². The van der Waals surface area contributed by atoms with Gasteiger partial charge in [-0.1, -0.05) is 12.1 Å². The summed E-state index contributed by atoms with van der Waals surface area (Å²) in [5.74, 6) is -0.505. The fraction of sp³-hybridized carbons (Fsp3) is 0.188. The topological polar surface area (TPSA) is 91.7 Å². The smallest absolute Gasteiger partial charge is 0.305 e. The Hall–Kier alpha value is -2.74. The molecule has 124 valence electrons. The molecule has 1 aliphatic heterocycles. The minimum absolute atomic E-state index is 0.0360. The van der Waals surface area contributed by atoms with E-state index >= 15 is 0 Å². The van der Waals surface area contributed by atoms with E-state index in [4.69, 9.17) is 4.42 Å². The molecular weight excluding hydrogens is 330 g/mol. The highest BCUT2D eigenvalue weighted by molar-refractivity contribution is 8.00. The average molecular weight is 345 g/mol. The molecule has 2 aromatic rings. The maximum Gasteiger partial charge on any atom is 0.305 e. The number of carbonyl (C=O) groups is 3. The highest BCUT2D eigenvalue weighted by atomic mass is 32.2. The van der Waals surface area contributed by atoms with E-state index in [1.165, 1.54) is 24.1 Å². The average Bonchev–Trinajstić information content (AvgIpc) is 3.13. The zero-order chi connectivity index (χ0) is 16.9. The van der Waals surface area contributed by atoms with Gasteiger partial charge in [0.1, 0.15) is 0 Å². The molecule has 8 heteroatoms. The molecule has 0 bridgehead atoms. The summed E-state index contributed by atoms with van der Waals surface area (Å²) in [4.78, 5) is 38.2. The predicted octanol–water partition coefficient (Wildman–Crippen LogP) is 1.57. The van der Waals surface area contributed by atoms with Gasteiger partial charge >= 0.3 is 5.91 Å². The van der Waals surface area contributed by atoms with Crippen LogP contribution in [0, 0.1) is 0 Å². The highest BCUT2D eigenvalue weighted by Crippen LogP contribution is 2.34. The van der Waals surface area contributed by atoms with Gasteiger partial charge in [-0.2, -0.15) is 0 Å². The molecule has 0 aliphatic carbocycles. The first-order valence-electron chi connectivity index (χ1n) is 7.30. The van der Waals surface area contributed by atoms with Crippen LogP contribution in [0.3, 0.4) is 0 Å². The maximum absolute atomic E-state index is 12.1. The Labute approximate surface area is 142 Å². The van der Waals surface area contributed by atoms with Gasteiger partial charge in [0, 0.05) is 17.9 Å². The monoisotopic (exact) mass is 345 g/mol. The number of thioether (sulfide) groups is 1. The molecule has 0 saturated heterocycles. The van der Waals surface area contributed by atoms with Crippen LogP contribution in [-0.4, -0.2) is 30.0 Å². The Kier molecular flexibility index (Phi) is 4.85. The van der Waals surface area contributed by atoms with Gasteiger partial charge in [-0.05, 0) is 24.3 Å². The van der Waals surface area contributed by atoms with E-state index in [2.05, 4.69) is 10.9 Å². The largest absolute Gasteiger partial charge is 0.459 e. The number of carbonyl (C=O) groups excluding carboxylic acids is 3. The Morgan fingerprint density at radius 3 is 2.79 bits per heavy atom. The quantitative estimate of drug-likeness (QED) is 0.821. The third-order valence-corrected chi connectivity index (χ3v) is 4.48. The summed E-state index contributed by atoms with van der Waals surface area (Å²) in [7, 11) is 0. The standard InChI is InChI=1S/C16H15N3O4S/c20-14(17-18-16(22)12-5-3-9-23-12)7-8-19-11-4-1-2-6-13(11)24-10-15(19)21/h1-6,9H,7-8,10H2,(H,17,20)(H,18,22). The van der Waals surface area contributed by atoms with Crippen LogP contribution in [0.15, 0.2) is 52.0 Å². The zero-order valence-corrected chi connectivity index (χ0v) is 13.5. The van der Waals surface area contributed by atoms with E-state index < -0.39 is 11.8 Å². The molecule has 0 atom stereocenters. The lowest BCUT2D eigenvalue weighted by Gasteiger charge is -2.28. The first-order chi connectivity index (χ1) is 11.6. The normalized spacial score (nSPS) is 13.3. The molecular formula is C16H15N3O4S. The molecule has 0 spiro atoms. The number of furan rings is 1. The third kappa shape index (κ3) is 3.60. The van der Waals surface area contributed by atoms with Crippen molar-refractivity contribution in [1.82, 2.24) is 10.9 Å². The maximum atomic E-state index is 12.1.